The molecule has 0 radical (unpaired) electrons. The Morgan fingerprint density at radius 1 is 1.09 bits per heavy atom. The lowest BCUT2D eigenvalue weighted by molar-refractivity contribution is 0.0710. The monoisotopic (exact) mass is 535 g/mol. The Morgan fingerprint density at radius 3 is 2.60 bits per heavy atom. The molecular formula is C28H30BrN3O3. The number of carbonyl (C=O) groups is 2. The highest BCUT2D eigenvalue weighted by Gasteiger charge is 2.28. The molecule has 35 heavy (non-hydrogen) atoms. The minimum absolute atomic E-state index is 0.0382. The molecular weight excluding hydrogens is 506 g/mol. The molecule has 1 fully saturated rings. The molecule has 1 saturated heterocycles. The Bertz CT molecular complexity index is 1210. The molecule has 0 atom stereocenters. The number of hydrogen-bond acceptors (Lipinski definition) is 4. The molecule has 0 unspecified atom stereocenters. The highest BCUT2D eigenvalue weighted by atomic mass is 79.9. The van der Waals surface area contributed by atoms with Gasteiger partial charge in [0.15, 0.2) is 0 Å². The fraction of sp³-hybridized carbons (Fsp3) is 0.321. The van der Waals surface area contributed by atoms with E-state index in [0.717, 1.165) is 40.0 Å². The molecule has 1 aromatic heterocycles. The second-order valence-corrected chi connectivity index (χ2v) is 9.70. The second kappa shape index (κ2) is 11.5. The van der Waals surface area contributed by atoms with Crippen molar-refractivity contribution >= 4 is 27.7 Å². The number of likely N-dealkylation sites (tertiary alicyclic amines) is 1. The summed E-state index contributed by atoms with van der Waals surface area (Å²) < 4.78 is 6.30. The number of nitrogens with zero attached hydrogens (tertiary/aromatic N) is 2. The van der Waals surface area contributed by atoms with Crippen molar-refractivity contribution in [3.05, 3.63) is 93.2 Å². The van der Waals surface area contributed by atoms with Gasteiger partial charge in [-0.05, 0) is 68.1 Å². The summed E-state index contributed by atoms with van der Waals surface area (Å²) in [6.45, 7) is 3.73. The standard InChI is InChI=1S/C28H30BrN3O3/c1-19-10-11-24(27(33)30-15-12-20-6-3-4-9-25(20)35-2)26(31-19)21-13-16-32(17-14-21)28(34)22-7-5-8-23(29)18-22/h3-11,18,21H,12-17H2,1-2H3,(H,30,33). The SMILES string of the molecule is COc1ccccc1CCNC(=O)c1ccc(C)nc1C1CCN(C(=O)c2cccc(Br)c2)CC1. The van der Waals surface area contributed by atoms with Crippen LogP contribution in [0.5, 0.6) is 5.75 Å². The second-order valence-electron chi connectivity index (χ2n) is 8.78. The van der Waals surface area contributed by atoms with Crippen LogP contribution in [0.15, 0.2) is 65.1 Å². The number of carbonyl (C=O) groups excluding carboxylic acids is 2. The van der Waals surface area contributed by atoms with Crippen LogP contribution in [0, 0.1) is 6.92 Å². The molecule has 2 heterocycles. The molecule has 1 N–H and O–H groups in total. The van der Waals surface area contributed by atoms with E-state index in [-0.39, 0.29) is 17.7 Å². The van der Waals surface area contributed by atoms with Gasteiger partial charge in [-0.1, -0.05) is 40.2 Å². The van der Waals surface area contributed by atoms with E-state index in [2.05, 4.69) is 21.2 Å². The normalized spacial score (nSPS) is 14.0. The molecule has 7 heteroatoms. The fourth-order valence-electron chi connectivity index (χ4n) is 4.56. The van der Waals surface area contributed by atoms with Gasteiger partial charge in [-0.25, -0.2) is 0 Å². The number of hydrogen-bond donors (Lipinski definition) is 1. The molecule has 6 nitrogen and oxygen atoms in total. The van der Waals surface area contributed by atoms with Crippen molar-refractivity contribution in [3.63, 3.8) is 0 Å². The summed E-state index contributed by atoms with van der Waals surface area (Å²) in [6, 6.07) is 19.1. The maximum Gasteiger partial charge on any atom is 0.253 e. The largest absolute Gasteiger partial charge is 0.496 e. The van der Waals surface area contributed by atoms with Gasteiger partial charge in [-0.2, -0.15) is 0 Å². The van der Waals surface area contributed by atoms with Crippen molar-refractivity contribution in [3.8, 4) is 5.75 Å². The van der Waals surface area contributed by atoms with E-state index in [1.165, 1.54) is 0 Å². The number of para-hydroxylation sites is 1. The first kappa shape index (κ1) is 24.9. The Hall–Kier alpha value is -3.19. The lowest BCUT2D eigenvalue weighted by Gasteiger charge is -2.32. The molecule has 0 aliphatic carbocycles. The van der Waals surface area contributed by atoms with Crippen LogP contribution in [0.1, 0.15) is 56.4 Å². The molecule has 0 bridgehead atoms. The Kier molecular flexibility index (Phi) is 8.18. The van der Waals surface area contributed by atoms with E-state index in [1.807, 2.05) is 72.5 Å². The number of benzene rings is 2. The van der Waals surface area contributed by atoms with Gasteiger partial charge in [-0.15, -0.1) is 0 Å². The van der Waals surface area contributed by atoms with Crippen LogP contribution < -0.4 is 10.1 Å². The van der Waals surface area contributed by atoms with Crippen molar-refractivity contribution in [2.75, 3.05) is 26.7 Å². The highest BCUT2D eigenvalue weighted by molar-refractivity contribution is 9.10. The van der Waals surface area contributed by atoms with Crippen LogP contribution in [0.2, 0.25) is 0 Å². The molecule has 4 rings (SSSR count). The van der Waals surface area contributed by atoms with E-state index >= 15 is 0 Å². The first-order valence-electron chi connectivity index (χ1n) is 11.9. The van der Waals surface area contributed by atoms with Gasteiger partial charge in [0, 0.05) is 41.3 Å². The number of rotatable bonds is 7. The van der Waals surface area contributed by atoms with E-state index in [0.29, 0.717) is 37.2 Å². The predicted molar refractivity (Wildman–Crippen MR) is 140 cm³/mol. The van der Waals surface area contributed by atoms with Crippen LogP contribution in [0.3, 0.4) is 0 Å². The Labute approximate surface area is 214 Å². The van der Waals surface area contributed by atoms with Crippen LogP contribution in [-0.2, 0) is 6.42 Å². The summed E-state index contributed by atoms with van der Waals surface area (Å²) in [4.78, 5) is 32.7. The van der Waals surface area contributed by atoms with Crippen molar-refractivity contribution in [1.82, 2.24) is 15.2 Å². The van der Waals surface area contributed by atoms with Crippen LogP contribution in [0.25, 0.3) is 0 Å². The minimum atomic E-state index is -0.116. The van der Waals surface area contributed by atoms with Crippen LogP contribution >= 0.6 is 15.9 Å². The van der Waals surface area contributed by atoms with Crippen LogP contribution in [-0.4, -0.2) is 48.4 Å². The van der Waals surface area contributed by atoms with E-state index in [1.54, 1.807) is 7.11 Å². The summed E-state index contributed by atoms with van der Waals surface area (Å²) in [5.74, 6) is 0.881. The van der Waals surface area contributed by atoms with Crippen LogP contribution in [0.4, 0.5) is 0 Å². The first-order chi connectivity index (χ1) is 17.0. The third-order valence-electron chi connectivity index (χ3n) is 6.42. The first-order valence-corrected chi connectivity index (χ1v) is 12.7. The van der Waals surface area contributed by atoms with Gasteiger partial charge in [0.2, 0.25) is 0 Å². The maximum atomic E-state index is 13.1. The zero-order valence-corrected chi connectivity index (χ0v) is 21.7. The summed E-state index contributed by atoms with van der Waals surface area (Å²) >= 11 is 3.44. The van der Waals surface area contributed by atoms with Crippen molar-refractivity contribution < 1.29 is 14.3 Å². The van der Waals surface area contributed by atoms with Gasteiger partial charge < -0.3 is 15.0 Å². The smallest absolute Gasteiger partial charge is 0.253 e. The topological polar surface area (TPSA) is 71.5 Å². The molecule has 0 saturated carbocycles. The number of methoxy groups -OCH3 is 1. The molecule has 1 aliphatic heterocycles. The maximum absolute atomic E-state index is 13.1. The molecule has 182 valence electrons. The van der Waals surface area contributed by atoms with Crippen molar-refractivity contribution in [2.45, 2.75) is 32.1 Å². The highest BCUT2D eigenvalue weighted by Crippen LogP contribution is 2.30. The predicted octanol–water partition coefficient (Wildman–Crippen LogP) is 5.15. The third kappa shape index (κ3) is 6.09. The van der Waals surface area contributed by atoms with E-state index < -0.39 is 0 Å². The average molecular weight is 536 g/mol. The lowest BCUT2D eigenvalue weighted by Crippen LogP contribution is -2.38. The number of amides is 2. The number of halogens is 1. The summed E-state index contributed by atoms with van der Waals surface area (Å²) in [5.41, 5.74) is 4.07. The summed E-state index contributed by atoms with van der Waals surface area (Å²) in [6.07, 6.45) is 2.23. The third-order valence-corrected chi connectivity index (χ3v) is 6.91. The van der Waals surface area contributed by atoms with Crippen molar-refractivity contribution in [1.29, 1.82) is 0 Å². The number of ether oxygens (including phenoxy) is 1. The van der Waals surface area contributed by atoms with Gasteiger partial charge >= 0.3 is 0 Å². The minimum Gasteiger partial charge on any atom is -0.496 e. The zero-order chi connectivity index (χ0) is 24.8. The lowest BCUT2D eigenvalue weighted by atomic mass is 9.89. The number of aryl methyl sites for hydroxylation is 1. The van der Waals surface area contributed by atoms with Gasteiger partial charge in [0.25, 0.3) is 11.8 Å². The Morgan fingerprint density at radius 2 is 1.86 bits per heavy atom. The number of pyridine rings is 1. The molecule has 3 aromatic rings. The van der Waals surface area contributed by atoms with Gasteiger partial charge in [-0.3, -0.25) is 14.6 Å². The molecule has 0 spiro atoms. The molecule has 2 amide bonds. The molecule has 2 aromatic carbocycles. The summed E-state index contributed by atoms with van der Waals surface area (Å²) in [7, 11) is 1.65. The number of piperidine rings is 1. The average Bonchev–Trinajstić information content (AvgIpc) is 2.88. The quantitative estimate of drug-likeness (QED) is 0.453. The van der Waals surface area contributed by atoms with E-state index in [9.17, 15) is 9.59 Å². The van der Waals surface area contributed by atoms with Crippen molar-refractivity contribution in [2.24, 2.45) is 0 Å². The number of nitrogens with one attached hydrogen (secondary N) is 1. The fourth-order valence-corrected chi connectivity index (χ4v) is 4.95. The molecule has 1 aliphatic rings. The number of aromatic nitrogens is 1. The Balaban J connectivity index is 1.40. The summed E-state index contributed by atoms with van der Waals surface area (Å²) in [5, 5.41) is 3.05. The van der Waals surface area contributed by atoms with E-state index in [4.69, 9.17) is 9.72 Å². The zero-order valence-electron chi connectivity index (χ0n) is 20.1. The van der Waals surface area contributed by atoms with Gasteiger partial charge in [0.1, 0.15) is 5.75 Å². The van der Waals surface area contributed by atoms with Gasteiger partial charge in [0.05, 0.1) is 18.4 Å².